The predicted molar refractivity (Wildman–Crippen MR) is 93.8 cm³/mol. The Kier molecular flexibility index (Phi) is 4.43. The van der Waals surface area contributed by atoms with Crippen molar-refractivity contribution < 1.29 is 19.4 Å². The number of para-hydroxylation sites is 1. The zero-order chi connectivity index (χ0) is 18.0. The number of benzene rings is 2. The molecular formula is C19H18N2O4. The van der Waals surface area contributed by atoms with E-state index in [9.17, 15) is 9.90 Å². The second-order valence-corrected chi connectivity index (χ2v) is 5.48. The van der Waals surface area contributed by atoms with Crippen molar-refractivity contribution in [2.45, 2.75) is 6.92 Å². The Balaban J connectivity index is 2.26. The van der Waals surface area contributed by atoms with Crippen LogP contribution in [-0.4, -0.2) is 35.1 Å². The van der Waals surface area contributed by atoms with Crippen LogP contribution >= 0.6 is 0 Å². The molecule has 3 rings (SSSR count). The van der Waals surface area contributed by atoms with Crippen LogP contribution in [0.15, 0.2) is 48.5 Å². The summed E-state index contributed by atoms with van der Waals surface area (Å²) in [5, 5.41) is 13.6. The fourth-order valence-corrected chi connectivity index (χ4v) is 2.67. The van der Waals surface area contributed by atoms with Gasteiger partial charge in [0.15, 0.2) is 5.69 Å². The highest BCUT2D eigenvalue weighted by Crippen LogP contribution is 2.35. The van der Waals surface area contributed by atoms with Gasteiger partial charge < -0.3 is 14.6 Å². The number of carboxylic acid groups (broad SMARTS) is 1. The zero-order valence-corrected chi connectivity index (χ0v) is 14.2. The standard InChI is InChI=1S/C19H18N2O4/c1-12-6-4-5-7-16(12)21-17(11-15(20-21)19(22)23)14-9-8-13(24-2)10-18(14)25-3/h4-11H,1-3H3,(H,22,23). The van der Waals surface area contributed by atoms with Crippen molar-refractivity contribution in [3.05, 3.63) is 59.8 Å². The lowest BCUT2D eigenvalue weighted by Gasteiger charge is -2.13. The number of nitrogens with zero attached hydrogens (tertiary/aromatic N) is 2. The van der Waals surface area contributed by atoms with Crippen LogP contribution in [0.25, 0.3) is 16.9 Å². The highest BCUT2D eigenvalue weighted by molar-refractivity contribution is 5.88. The molecule has 1 N–H and O–H groups in total. The number of methoxy groups -OCH3 is 2. The van der Waals surface area contributed by atoms with Crippen LogP contribution in [0.3, 0.4) is 0 Å². The molecule has 6 heteroatoms. The van der Waals surface area contributed by atoms with Gasteiger partial charge in [-0.05, 0) is 36.8 Å². The van der Waals surface area contributed by atoms with Gasteiger partial charge in [0.2, 0.25) is 0 Å². The molecule has 6 nitrogen and oxygen atoms in total. The molecule has 0 unspecified atom stereocenters. The molecule has 2 aromatic carbocycles. The fraction of sp³-hybridized carbons (Fsp3) is 0.158. The van der Waals surface area contributed by atoms with Crippen LogP contribution in [0, 0.1) is 6.92 Å². The summed E-state index contributed by atoms with van der Waals surface area (Å²) < 4.78 is 12.3. The lowest BCUT2D eigenvalue weighted by molar-refractivity contribution is 0.0690. The van der Waals surface area contributed by atoms with Gasteiger partial charge in [-0.3, -0.25) is 0 Å². The molecule has 0 amide bonds. The molecule has 3 aromatic rings. The minimum Gasteiger partial charge on any atom is -0.497 e. The van der Waals surface area contributed by atoms with Crippen molar-refractivity contribution in [1.82, 2.24) is 9.78 Å². The summed E-state index contributed by atoms with van der Waals surface area (Å²) in [7, 11) is 3.14. The van der Waals surface area contributed by atoms with Crippen LogP contribution in [0.5, 0.6) is 11.5 Å². The summed E-state index contributed by atoms with van der Waals surface area (Å²) in [6.07, 6.45) is 0. The van der Waals surface area contributed by atoms with E-state index in [1.165, 1.54) is 0 Å². The normalized spacial score (nSPS) is 10.5. The molecule has 0 bridgehead atoms. The van der Waals surface area contributed by atoms with Crippen molar-refractivity contribution in [1.29, 1.82) is 0 Å². The summed E-state index contributed by atoms with van der Waals surface area (Å²) in [6, 6.07) is 14.6. The lowest BCUT2D eigenvalue weighted by Crippen LogP contribution is -2.04. The van der Waals surface area contributed by atoms with E-state index in [1.54, 1.807) is 37.1 Å². The minimum atomic E-state index is -1.08. The van der Waals surface area contributed by atoms with Crippen LogP contribution < -0.4 is 9.47 Å². The number of carbonyl (C=O) groups is 1. The number of aromatic nitrogens is 2. The monoisotopic (exact) mass is 338 g/mol. The molecule has 0 fully saturated rings. The van der Waals surface area contributed by atoms with Gasteiger partial charge in [0.05, 0.1) is 25.6 Å². The van der Waals surface area contributed by atoms with Crippen LogP contribution in [0.4, 0.5) is 0 Å². The molecule has 0 aliphatic rings. The fourth-order valence-electron chi connectivity index (χ4n) is 2.67. The maximum Gasteiger partial charge on any atom is 0.356 e. The van der Waals surface area contributed by atoms with Gasteiger partial charge in [0.1, 0.15) is 11.5 Å². The van der Waals surface area contributed by atoms with Crippen molar-refractivity contribution in [3.8, 4) is 28.4 Å². The number of aromatic carboxylic acids is 1. The van der Waals surface area contributed by atoms with Crippen LogP contribution in [0.2, 0.25) is 0 Å². The number of aryl methyl sites for hydroxylation is 1. The van der Waals surface area contributed by atoms with Crippen molar-refractivity contribution in [2.75, 3.05) is 14.2 Å². The lowest BCUT2D eigenvalue weighted by atomic mass is 10.1. The molecule has 128 valence electrons. The van der Waals surface area contributed by atoms with Gasteiger partial charge in [-0.1, -0.05) is 18.2 Å². The SMILES string of the molecule is COc1ccc(-c2cc(C(=O)O)nn2-c2ccccc2C)c(OC)c1. The first-order valence-corrected chi connectivity index (χ1v) is 7.67. The average Bonchev–Trinajstić information content (AvgIpc) is 3.06. The van der Waals surface area contributed by atoms with Gasteiger partial charge in [-0.25, -0.2) is 9.48 Å². The third-order valence-corrected chi connectivity index (χ3v) is 3.96. The molecule has 0 saturated heterocycles. The molecular weight excluding hydrogens is 320 g/mol. The van der Waals surface area contributed by atoms with Gasteiger partial charge in [0, 0.05) is 11.6 Å². The first kappa shape index (κ1) is 16.6. The minimum absolute atomic E-state index is 0.0314. The Bertz CT molecular complexity index is 931. The Morgan fingerprint density at radius 3 is 2.48 bits per heavy atom. The molecule has 1 aromatic heterocycles. The number of hydrogen-bond acceptors (Lipinski definition) is 4. The predicted octanol–water partition coefficient (Wildman–Crippen LogP) is 3.56. The van der Waals surface area contributed by atoms with Crippen molar-refractivity contribution in [3.63, 3.8) is 0 Å². The maximum absolute atomic E-state index is 11.4. The number of carboxylic acids is 1. The first-order chi connectivity index (χ1) is 12.0. The maximum atomic E-state index is 11.4. The summed E-state index contributed by atoms with van der Waals surface area (Å²) in [6.45, 7) is 1.95. The topological polar surface area (TPSA) is 73.6 Å². The Hall–Kier alpha value is -3.28. The quantitative estimate of drug-likeness (QED) is 0.770. The average molecular weight is 338 g/mol. The van der Waals surface area contributed by atoms with E-state index in [-0.39, 0.29) is 5.69 Å². The molecule has 0 saturated carbocycles. The van der Waals surface area contributed by atoms with E-state index in [4.69, 9.17) is 9.47 Å². The van der Waals surface area contributed by atoms with Crippen LogP contribution in [-0.2, 0) is 0 Å². The molecule has 25 heavy (non-hydrogen) atoms. The molecule has 0 spiro atoms. The number of rotatable bonds is 5. The second kappa shape index (κ2) is 6.68. The molecule has 0 aliphatic heterocycles. The van der Waals surface area contributed by atoms with Gasteiger partial charge in [-0.2, -0.15) is 5.10 Å². The van der Waals surface area contributed by atoms with E-state index in [1.807, 2.05) is 37.3 Å². The number of ether oxygens (including phenoxy) is 2. The van der Waals surface area contributed by atoms with E-state index < -0.39 is 5.97 Å². The van der Waals surface area contributed by atoms with E-state index in [0.29, 0.717) is 17.2 Å². The highest BCUT2D eigenvalue weighted by Gasteiger charge is 2.19. The Labute approximate surface area is 145 Å². The van der Waals surface area contributed by atoms with E-state index >= 15 is 0 Å². The molecule has 0 aliphatic carbocycles. The Morgan fingerprint density at radius 1 is 1.08 bits per heavy atom. The summed E-state index contributed by atoms with van der Waals surface area (Å²) >= 11 is 0. The molecule has 1 heterocycles. The third-order valence-electron chi connectivity index (χ3n) is 3.96. The van der Waals surface area contributed by atoms with Gasteiger partial charge in [0.25, 0.3) is 0 Å². The smallest absolute Gasteiger partial charge is 0.356 e. The van der Waals surface area contributed by atoms with Gasteiger partial charge in [-0.15, -0.1) is 0 Å². The zero-order valence-electron chi connectivity index (χ0n) is 14.2. The van der Waals surface area contributed by atoms with Gasteiger partial charge >= 0.3 is 5.97 Å². The van der Waals surface area contributed by atoms with E-state index in [2.05, 4.69) is 5.10 Å². The van der Waals surface area contributed by atoms with Crippen molar-refractivity contribution in [2.24, 2.45) is 0 Å². The highest BCUT2D eigenvalue weighted by atomic mass is 16.5. The second-order valence-electron chi connectivity index (χ2n) is 5.48. The summed E-state index contributed by atoms with van der Waals surface area (Å²) in [4.78, 5) is 11.4. The summed E-state index contributed by atoms with van der Waals surface area (Å²) in [5.41, 5.74) is 3.12. The van der Waals surface area contributed by atoms with Crippen molar-refractivity contribution >= 4 is 5.97 Å². The van der Waals surface area contributed by atoms with E-state index in [0.717, 1.165) is 16.8 Å². The molecule has 0 radical (unpaired) electrons. The number of hydrogen-bond donors (Lipinski definition) is 1. The first-order valence-electron chi connectivity index (χ1n) is 7.67. The Morgan fingerprint density at radius 2 is 1.84 bits per heavy atom. The third kappa shape index (κ3) is 3.06. The largest absolute Gasteiger partial charge is 0.497 e. The molecule has 0 atom stereocenters. The van der Waals surface area contributed by atoms with Crippen LogP contribution in [0.1, 0.15) is 16.1 Å². The summed E-state index contributed by atoms with van der Waals surface area (Å²) in [5.74, 6) is 0.146.